The molecule has 3 aromatic heterocycles. The second-order valence-corrected chi connectivity index (χ2v) is 6.72. The van der Waals surface area contributed by atoms with Crippen molar-refractivity contribution in [2.75, 3.05) is 5.32 Å². The summed E-state index contributed by atoms with van der Waals surface area (Å²) in [6.45, 7) is 0. The molecule has 0 radical (unpaired) electrons. The summed E-state index contributed by atoms with van der Waals surface area (Å²) >= 11 is 1.52. The lowest BCUT2D eigenvalue weighted by Gasteiger charge is -2.06. The fraction of sp³-hybridized carbons (Fsp3) is 0. The van der Waals surface area contributed by atoms with Gasteiger partial charge in [-0.1, -0.05) is 0 Å². The maximum Gasteiger partial charge on any atom is 0.255 e. The van der Waals surface area contributed by atoms with Gasteiger partial charge in [0.05, 0.1) is 33.8 Å². The largest absolute Gasteiger partial charge is 0.472 e. The Hall–Kier alpha value is -3.45. The highest BCUT2D eigenvalue weighted by molar-refractivity contribution is 7.16. The Morgan fingerprint density at radius 3 is 3.00 bits per heavy atom. The Kier molecular flexibility index (Phi) is 3.32. The van der Waals surface area contributed by atoms with E-state index in [1.54, 1.807) is 24.1 Å². The van der Waals surface area contributed by atoms with Crippen LogP contribution in [-0.2, 0) is 0 Å². The minimum Gasteiger partial charge on any atom is -0.472 e. The normalized spacial score (nSPS) is 11.2. The van der Waals surface area contributed by atoms with E-state index in [1.165, 1.54) is 11.3 Å². The third-order valence-electron chi connectivity index (χ3n) is 4.21. The van der Waals surface area contributed by atoms with E-state index in [2.05, 4.69) is 20.5 Å². The highest BCUT2D eigenvalue weighted by Gasteiger charge is 2.12. The van der Waals surface area contributed by atoms with Crippen molar-refractivity contribution in [2.45, 2.75) is 0 Å². The Morgan fingerprint density at radius 2 is 2.12 bits per heavy atom. The SMILES string of the molecule is O=C(Nc1ccc2[nH]nc(-c3ccoc3)c2c1)c1ccc2ncsc2c1. The summed E-state index contributed by atoms with van der Waals surface area (Å²) in [5, 5.41) is 11.2. The molecular weight excluding hydrogens is 348 g/mol. The van der Waals surface area contributed by atoms with E-state index >= 15 is 0 Å². The number of carbonyl (C=O) groups excluding carboxylic acids is 1. The van der Waals surface area contributed by atoms with E-state index in [4.69, 9.17) is 4.42 Å². The predicted octanol–water partition coefficient (Wildman–Crippen LogP) is 4.68. The van der Waals surface area contributed by atoms with Gasteiger partial charge in [0.1, 0.15) is 5.69 Å². The zero-order chi connectivity index (χ0) is 17.5. The average Bonchev–Trinajstić information content (AvgIpc) is 3.40. The van der Waals surface area contributed by atoms with Gasteiger partial charge >= 0.3 is 0 Å². The van der Waals surface area contributed by atoms with E-state index < -0.39 is 0 Å². The first-order chi connectivity index (χ1) is 12.8. The molecule has 0 unspecified atom stereocenters. The van der Waals surface area contributed by atoms with Gasteiger partial charge in [0.2, 0.25) is 0 Å². The van der Waals surface area contributed by atoms with Gasteiger partial charge < -0.3 is 9.73 Å². The maximum absolute atomic E-state index is 12.6. The number of carbonyl (C=O) groups is 1. The second-order valence-electron chi connectivity index (χ2n) is 5.83. The smallest absolute Gasteiger partial charge is 0.255 e. The number of nitrogens with one attached hydrogen (secondary N) is 2. The zero-order valence-corrected chi connectivity index (χ0v) is 14.2. The predicted molar refractivity (Wildman–Crippen MR) is 101 cm³/mol. The Bertz CT molecular complexity index is 1240. The molecule has 0 aliphatic heterocycles. The minimum atomic E-state index is -0.159. The number of H-pyrrole nitrogens is 1. The summed E-state index contributed by atoms with van der Waals surface area (Å²) in [6, 6.07) is 13.0. The molecule has 0 bridgehead atoms. The zero-order valence-electron chi connectivity index (χ0n) is 13.4. The number of furan rings is 1. The number of aromatic nitrogens is 3. The summed E-state index contributed by atoms with van der Waals surface area (Å²) in [4.78, 5) is 16.8. The lowest BCUT2D eigenvalue weighted by Crippen LogP contribution is -2.11. The number of nitrogens with zero attached hydrogens (tertiary/aromatic N) is 2. The number of fused-ring (bicyclic) bond motifs is 2. The highest BCUT2D eigenvalue weighted by atomic mass is 32.1. The van der Waals surface area contributed by atoms with E-state index in [0.29, 0.717) is 11.3 Å². The highest BCUT2D eigenvalue weighted by Crippen LogP contribution is 2.29. The van der Waals surface area contributed by atoms with Crippen LogP contribution in [0.15, 0.2) is 64.9 Å². The van der Waals surface area contributed by atoms with Crippen molar-refractivity contribution in [2.24, 2.45) is 0 Å². The molecule has 2 aromatic carbocycles. The van der Waals surface area contributed by atoms with Crippen LogP contribution in [0.2, 0.25) is 0 Å². The van der Waals surface area contributed by atoms with Crippen LogP contribution in [0.4, 0.5) is 5.69 Å². The topological polar surface area (TPSA) is 83.8 Å². The van der Waals surface area contributed by atoms with E-state index in [0.717, 1.165) is 32.4 Å². The van der Waals surface area contributed by atoms with Crippen LogP contribution >= 0.6 is 11.3 Å². The van der Waals surface area contributed by atoms with E-state index in [1.807, 2.05) is 36.4 Å². The molecule has 3 heterocycles. The average molecular weight is 360 g/mol. The molecule has 7 heteroatoms. The quantitative estimate of drug-likeness (QED) is 0.489. The number of rotatable bonds is 3. The number of hydrogen-bond acceptors (Lipinski definition) is 5. The van der Waals surface area contributed by atoms with Gasteiger partial charge in [-0.25, -0.2) is 4.98 Å². The molecule has 0 saturated carbocycles. The van der Waals surface area contributed by atoms with Gasteiger partial charge in [0.25, 0.3) is 5.91 Å². The van der Waals surface area contributed by atoms with Crippen LogP contribution in [0.5, 0.6) is 0 Å². The third-order valence-corrected chi connectivity index (χ3v) is 5.00. The molecule has 0 spiro atoms. The van der Waals surface area contributed by atoms with Crippen molar-refractivity contribution < 1.29 is 9.21 Å². The number of aromatic amines is 1. The van der Waals surface area contributed by atoms with Gasteiger partial charge in [-0.05, 0) is 42.5 Å². The summed E-state index contributed by atoms with van der Waals surface area (Å²) in [7, 11) is 0. The molecule has 1 amide bonds. The van der Waals surface area contributed by atoms with Crippen molar-refractivity contribution in [3.63, 3.8) is 0 Å². The maximum atomic E-state index is 12.6. The Labute approximate surface area is 151 Å². The van der Waals surface area contributed by atoms with Gasteiger partial charge in [0.15, 0.2) is 0 Å². The molecule has 2 N–H and O–H groups in total. The van der Waals surface area contributed by atoms with Gasteiger partial charge in [-0.3, -0.25) is 9.89 Å². The number of hydrogen-bond donors (Lipinski definition) is 2. The lowest BCUT2D eigenvalue weighted by molar-refractivity contribution is 0.102. The van der Waals surface area contributed by atoms with Gasteiger partial charge in [0, 0.05) is 22.2 Å². The first kappa shape index (κ1) is 14.9. The van der Waals surface area contributed by atoms with Crippen molar-refractivity contribution >= 4 is 44.1 Å². The summed E-state index contributed by atoms with van der Waals surface area (Å²) in [5.74, 6) is -0.159. The lowest BCUT2D eigenvalue weighted by atomic mass is 10.1. The fourth-order valence-corrected chi connectivity index (χ4v) is 3.63. The summed E-state index contributed by atoms with van der Waals surface area (Å²) in [5.41, 5.74) is 6.55. The monoisotopic (exact) mass is 360 g/mol. The van der Waals surface area contributed by atoms with Crippen molar-refractivity contribution in [3.05, 3.63) is 66.1 Å². The molecule has 5 rings (SSSR count). The molecule has 126 valence electrons. The summed E-state index contributed by atoms with van der Waals surface area (Å²) in [6.07, 6.45) is 3.25. The molecule has 0 fully saturated rings. The fourth-order valence-electron chi connectivity index (χ4n) is 2.91. The molecule has 5 aromatic rings. The molecule has 6 nitrogen and oxygen atoms in total. The van der Waals surface area contributed by atoms with Crippen LogP contribution in [0, 0.1) is 0 Å². The molecular formula is C19H12N4O2S. The van der Waals surface area contributed by atoms with Crippen molar-refractivity contribution in [1.29, 1.82) is 0 Å². The van der Waals surface area contributed by atoms with Crippen LogP contribution in [0.1, 0.15) is 10.4 Å². The second kappa shape index (κ2) is 5.82. The molecule has 0 atom stereocenters. The number of thiazole rings is 1. The van der Waals surface area contributed by atoms with Gasteiger partial charge in [-0.15, -0.1) is 11.3 Å². The van der Waals surface area contributed by atoms with E-state index in [-0.39, 0.29) is 5.91 Å². The first-order valence-electron chi connectivity index (χ1n) is 7.93. The van der Waals surface area contributed by atoms with Crippen molar-refractivity contribution in [1.82, 2.24) is 15.2 Å². The van der Waals surface area contributed by atoms with Crippen LogP contribution in [0.3, 0.4) is 0 Å². The van der Waals surface area contributed by atoms with E-state index in [9.17, 15) is 4.79 Å². The number of benzene rings is 2. The van der Waals surface area contributed by atoms with Crippen LogP contribution in [0.25, 0.3) is 32.4 Å². The van der Waals surface area contributed by atoms with Gasteiger partial charge in [-0.2, -0.15) is 5.10 Å². The number of anilines is 1. The summed E-state index contributed by atoms with van der Waals surface area (Å²) < 4.78 is 6.13. The van der Waals surface area contributed by atoms with Crippen LogP contribution in [-0.4, -0.2) is 21.1 Å². The standard InChI is InChI=1S/C19H12N4O2S/c24-19(11-1-3-16-17(7-11)26-10-20-16)21-13-2-4-15-14(8-13)18(23-22-15)12-5-6-25-9-12/h1-10H,(H,21,24)(H,22,23). The van der Waals surface area contributed by atoms with Crippen molar-refractivity contribution in [3.8, 4) is 11.3 Å². The van der Waals surface area contributed by atoms with Crippen LogP contribution < -0.4 is 5.32 Å². The Balaban J connectivity index is 1.48. The number of amides is 1. The minimum absolute atomic E-state index is 0.159. The molecule has 0 saturated heterocycles. The molecule has 26 heavy (non-hydrogen) atoms. The first-order valence-corrected chi connectivity index (χ1v) is 8.81. The third kappa shape index (κ3) is 2.46. The molecule has 0 aliphatic rings. The Morgan fingerprint density at radius 1 is 1.15 bits per heavy atom. The molecule has 0 aliphatic carbocycles.